The Kier molecular flexibility index (Phi) is 5.61. The van der Waals surface area contributed by atoms with Crippen molar-refractivity contribution in [2.45, 2.75) is 45.8 Å². The number of carbonyl (C=O) groups is 2. The van der Waals surface area contributed by atoms with E-state index in [2.05, 4.69) is 41.0 Å². The van der Waals surface area contributed by atoms with Gasteiger partial charge >= 0.3 is 0 Å². The average molecular weight is 365 g/mol. The van der Waals surface area contributed by atoms with Gasteiger partial charge in [0.25, 0.3) is 0 Å². The molecular weight excluding hydrogens is 338 g/mol. The summed E-state index contributed by atoms with van der Waals surface area (Å²) in [6, 6.07) is 14.5. The highest BCUT2D eigenvalue weighted by Crippen LogP contribution is 2.39. The van der Waals surface area contributed by atoms with Crippen LogP contribution in [0.4, 0.5) is 5.69 Å². The number of nitrogens with zero attached hydrogens (tertiary/aromatic N) is 1. The van der Waals surface area contributed by atoms with Crippen molar-refractivity contribution in [3.8, 4) is 11.1 Å². The highest BCUT2D eigenvalue weighted by Gasteiger charge is 2.32. The van der Waals surface area contributed by atoms with Crippen LogP contribution in [0.5, 0.6) is 0 Å². The van der Waals surface area contributed by atoms with Crippen molar-refractivity contribution in [2.24, 2.45) is 0 Å². The Morgan fingerprint density at radius 1 is 1.07 bits per heavy atom. The van der Waals surface area contributed by atoms with Gasteiger partial charge in [0.15, 0.2) is 0 Å². The van der Waals surface area contributed by atoms with Crippen LogP contribution in [-0.2, 0) is 16.1 Å². The molecule has 5 heteroatoms. The molecule has 0 spiro atoms. The summed E-state index contributed by atoms with van der Waals surface area (Å²) < 4.78 is 0. The molecule has 0 radical (unpaired) electrons. The van der Waals surface area contributed by atoms with Gasteiger partial charge in [-0.05, 0) is 54.8 Å². The third-order valence-electron chi connectivity index (χ3n) is 5.06. The normalized spacial score (nSPS) is 18.7. The van der Waals surface area contributed by atoms with E-state index in [1.165, 1.54) is 12.5 Å². The first-order chi connectivity index (χ1) is 12.9. The zero-order valence-corrected chi connectivity index (χ0v) is 16.4. The molecule has 27 heavy (non-hydrogen) atoms. The fraction of sp³-hybridized carbons (Fsp3) is 0.364. The molecule has 142 valence electrons. The summed E-state index contributed by atoms with van der Waals surface area (Å²) in [4.78, 5) is 25.7. The van der Waals surface area contributed by atoms with Gasteiger partial charge in [-0.3, -0.25) is 9.59 Å². The third kappa shape index (κ3) is 4.03. The summed E-state index contributed by atoms with van der Waals surface area (Å²) in [6.45, 7) is 5.98. The minimum Gasteiger partial charge on any atom is -0.349 e. The summed E-state index contributed by atoms with van der Waals surface area (Å²) in [5, 5.41) is 6.20. The lowest BCUT2D eigenvalue weighted by molar-refractivity contribution is -0.119. The number of nitrogens with one attached hydrogen (secondary N) is 2. The molecule has 0 aromatic heterocycles. The van der Waals surface area contributed by atoms with Gasteiger partial charge in [0.05, 0.1) is 6.04 Å². The topological polar surface area (TPSA) is 61.4 Å². The number of hydrogen-bond donors (Lipinski definition) is 2. The number of carbonyl (C=O) groups excluding carboxylic acids is 2. The number of rotatable bonds is 4. The van der Waals surface area contributed by atoms with E-state index in [9.17, 15) is 9.59 Å². The summed E-state index contributed by atoms with van der Waals surface area (Å²) in [6.07, 6.45) is 0.705. The van der Waals surface area contributed by atoms with Gasteiger partial charge in [0, 0.05) is 32.1 Å². The highest BCUT2D eigenvalue weighted by atomic mass is 16.2. The minimum absolute atomic E-state index is 0.0224. The lowest BCUT2D eigenvalue weighted by Gasteiger charge is -2.39. The second kappa shape index (κ2) is 7.92. The lowest BCUT2D eigenvalue weighted by Crippen LogP contribution is -2.45. The van der Waals surface area contributed by atoms with Gasteiger partial charge < -0.3 is 15.5 Å². The summed E-state index contributed by atoms with van der Waals surface area (Å²) in [7, 11) is 1.93. The van der Waals surface area contributed by atoms with Crippen LogP contribution in [0, 0.1) is 0 Å². The predicted molar refractivity (Wildman–Crippen MR) is 108 cm³/mol. The number of hydrogen-bond acceptors (Lipinski definition) is 3. The largest absolute Gasteiger partial charge is 0.349 e. The molecule has 2 N–H and O–H groups in total. The van der Waals surface area contributed by atoms with Crippen molar-refractivity contribution in [3.63, 3.8) is 0 Å². The monoisotopic (exact) mass is 365 g/mol. The summed E-state index contributed by atoms with van der Waals surface area (Å²) in [5.74, 6) is -0.0366. The Morgan fingerprint density at radius 3 is 2.33 bits per heavy atom. The Morgan fingerprint density at radius 2 is 1.74 bits per heavy atom. The Bertz CT molecular complexity index is 845. The fourth-order valence-corrected chi connectivity index (χ4v) is 3.92. The van der Waals surface area contributed by atoms with E-state index in [1.807, 2.05) is 31.0 Å². The maximum atomic E-state index is 12.2. The molecule has 5 nitrogen and oxygen atoms in total. The van der Waals surface area contributed by atoms with E-state index in [0.717, 1.165) is 28.9 Å². The van der Waals surface area contributed by atoms with Crippen molar-refractivity contribution in [1.82, 2.24) is 10.6 Å². The van der Waals surface area contributed by atoms with E-state index >= 15 is 0 Å². The van der Waals surface area contributed by atoms with Crippen LogP contribution >= 0.6 is 0 Å². The molecule has 2 atom stereocenters. The van der Waals surface area contributed by atoms with Gasteiger partial charge in [-0.2, -0.15) is 0 Å². The predicted octanol–water partition coefficient (Wildman–Crippen LogP) is 3.40. The Hall–Kier alpha value is -2.66. The van der Waals surface area contributed by atoms with E-state index in [-0.39, 0.29) is 23.9 Å². The molecule has 0 bridgehead atoms. The molecule has 1 aliphatic heterocycles. The second-order valence-electron chi connectivity index (χ2n) is 7.23. The van der Waals surface area contributed by atoms with Crippen LogP contribution in [0.15, 0.2) is 42.5 Å². The van der Waals surface area contributed by atoms with Crippen LogP contribution in [0.3, 0.4) is 0 Å². The SMILES string of the molecule is CNCc1ccc(-c2ccc3c(c2)[C@H](NC(C)=O)C[C@H](C)N3C(C)=O)cc1. The number of amides is 2. The smallest absolute Gasteiger partial charge is 0.224 e. The third-order valence-corrected chi connectivity index (χ3v) is 5.06. The molecule has 3 rings (SSSR count). The molecule has 0 fully saturated rings. The molecule has 2 aromatic rings. The highest BCUT2D eigenvalue weighted by molar-refractivity contribution is 5.94. The molecule has 0 saturated heterocycles. The lowest BCUT2D eigenvalue weighted by atomic mass is 9.89. The molecule has 2 aromatic carbocycles. The second-order valence-corrected chi connectivity index (χ2v) is 7.23. The fourth-order valence-electron chi connectivity index (χ4n) is 3.92. The standard InChI is InChI=1S/C22H27N3O2/c1-14-11-21(24-15(2)26)20-12-19(9-10-22(20)25(14)16(3)27)18-7-5-17(6-8-18)13-23-4/h5-10,12,14,21,23H,11,13H2,1-4H3,(H,24,26)/t14-,21+/m0/s1. The minimum atomic E-state index is -0.0911. The molecule has 1 heterocycles. The first kappa shape index (κ1) is 19.1. The quantitative estimate of drug-likeness (QED) is 0.873. The van der Waals surface area contributed by atoms with Gasteiger partial charge in [0.2, 0.25) is 11.8 Å². The van der Waals surface area contributed by atoms with Crippen molar-refractivity contribution in [3.05, 3.63) is 53.6 Å². The first-order valence-electron chi connectivity index (χ1n) is 9.35. The first-order valence-corrected chi connectivity index (χ1v) is 9.35. The zero-order chi connectivity index (χ0) is 19.6. The maximum Gasteiger partial charge on any atom is 0.224 e. The molecule has 0 aliphatic carbocycles. The number of benzene rings is 2. The van der Waals surface area contributed by atoms with Crippen LogP contribution in [0.2, 0.25) is 0 Å². The van der Waals surface area contributed by atoms with Crippen LogP contribution < -0.4 is 15.5 Å². The number of fused-ring (bicyclic) bond motifs is 1. The summed E-state index contributed by atoms with van der Waals surface area (Å²) in [5.41, 5.74) is 5.31. The van der Waals surface area contributed by atoms with Crippen molar-refractivity contribution < 1.29 is 9.59 Å². The van der Waals surface area contributed by atoms with Gasteiger partial charge in [-0.15, -0.1) is 0 Å². The van der Waals surface area contributed by atoms with Crippen molar-refractivity contribution in [1.29, 1.82) is 0 Å². The molecule has 0 saturated carbocycles. The molecular formula is C22H27N3O2. The van der Waals surface area contributed by atoms with E-state index in [1.54, 1.807) is 6.92 Å². The Labute approximate surface area is 160 Å². The van der Waals surface area contributed by atoms with E-state index < -0.39 is 0 Å². The zero-order valence-electron chi connectivity index (χ0n) is 16.4. The average Bonchev–Trinajstić information content (AvgIpc) is 2.61. The van der Waals surface area contributed by atoms with Crippen molar-refractivity contribution in [2.75, 3.05) is 11.9 Å². The molecule has 2 amide bonds. The summed E-state index contributed by atoms with van der Waals surface area (Å²) >= 11 is 0. The number of anilines is 1. The van der Waals surface area contributed by atoms with Crippen LogP contribution in [0.25, 0.3) is 11.1 Å². The van der Waals surface area contributed by atoms with Crippen LogP contribution in [0.1, 0.15) is 44.4 Å². The van der Waals surface area contributed by atoms with E-state index in [4.69, 9.17) is 0 Å². The van der Waals surface area contributed by atoms with Gasteiger partial charge in [-0.25, -0.2) is 0 Å². The van der Waals surface area contributed by atoms with Gasteiger partial charge in [0.1, 0.15) is 0 Å². The van der Waals surface area contributed by atoms with Crippen molar-refractivity contribution >= 4 is 17.5 Å². The van der Waals surface area contributed by atoms with E-state index in [0.29, 0.717) is 6.42 Å². The maximum absolute atomic E-state index is 12.2. The van der Waals surface area contributed by atoms with Crippen LogP contribution in [-0.4, -0.2) is 24.9 Å². The Balaban J connectivity index is 2.03. The van der Waals surface area contributed by atoms with Gasteiger partial charge in [-0.1, -0.05) is 30.3 Å². The molecule has 0 unspecified atom stereocenters. The molecule has 1 aliphatic rings.